The van der Waals surface area contributed by atoms with Crippen molar-refractivity contribution in [3.63, 3.8) is 0 Å². The van der Waals surface area contributed by atoms with Gasteiger partial charge in [-0.25, -0.2) is 0 Å². The van der Waals surface area contributed by atoms with Crippen LogP contribution in [0.25, 0.3) is 0 Å². The number of carbonyl (C=O) groups excluding carboxylic acids is 1. The van der Waals surface area contributed by atoms with E-state index in [4.69, 9.17) is 0 Å². The van der Waals surface area contributed by atoms with E-state index < -0.39 is 0 Å². The molecular weight excluding hydrogens is 214 g/mol. The lowest BCUT2D eigenvalue weighted by molar-refractivity contribution is -0.123. The van der Waals surface area contributed by atoms with E-state index in [2.05, 4.69) is 22.6 Å². The van der Waals surface area contributed by atoms with Crippen LogP contribution in [-0.2, 0) is 4.79 Å². The SMILES string of the molecule is CN1CCCC(NC(=O)CC2CCNCC2)C1. The number of nitrogens with one attached hydrogen (secondary N) is 2. The molecule has 4 heteroatoms. The van der Waals surface area contributed by atoms with E-state index in [-0.39, 0.29) is 5.91 Å². The van der Waals surface area contributed by atoms with Crippen LogP contribution in [-0.4, -0.2) is 50.1 Å². The minimum absolute atomic E-state index is 0.261. The number of piperidine rings is 2. The fourth-order valence-corrected chi connectivity index (χ4v) is 2.92. The van der Waals surface area contributed by atoms with Gasteiger partial charge in [-0.1, -0.05) is 0 Å². The molecule has 2 saturated heterocycles. The predicted molar refractivity (Wildman–Crippen MR) is 68.9 cm³/mol. The van der Waals surface area contributed by atoms with Gasteiger partial charge in [-0.3, -0.25) is 4.79 Å². The van der Waals surface area contributed by atoms with Crippen molar-refractivity contribution in [1.29, 1.82) is 0 Å². The van der Waals surface area contributed by atoms with Crippen molar-refractivity contribution in [2.24, 2.45) is 5.92 Å². The van der Waals surface area contributed by atoms with Gasteiger partial charge in [0.1, 0.15) is 0 Å². The Kier molecular flexibility index (Phi) is 4.80. The highest BCUT2D eigenvalue weighted by molar-refractivity contribution is 5.76. The van der Waals surface area contributed by atoms with Gasteiger partial charge < -0.3 is 15.5 Å². The zero-order valence-electron chi connectivity index (χ0n) is 10.9. The Hall–Kier alpha value is -0.610. The van der Waals surface area contributed by atoms with Crippen LogP contribution in [0.5, 0.6) is 0 Å². The van der Waals surface area contributed by atoms with Gasteiger partial charge in [0.25, 0.3) is 0 Å². The van der Waals surface area contributed by atoms with Crippen LogP contribution in [0.2, 0.25) is 0 Å². The van der Waals surface area contributed by atoms with E-state index in [9.17, 15) is 4.79 Å². The second-order valence-electron chi connectivity index (χ2n) is 5.57. The number of nitrogens with zero attached hydrogens (tertiary/aromatic N) is 1. The molecule has 2 fully saturated rings. The third kappa shape index (κ3) is 4.28. The van der Waals surface area contributed by atoms with Crippen molar-refractivity contribution in [2.75, 3.05) is 33.2 Å². The van der Waals surface area contributed by atoms with Gasteiger partial charge >= 0.3 is 0 Å². The Bertz CT molecular complexity index is 251. The standard InChI is InChI=1S/C13H25N3O/c1-16-8-2-3-12(10-16)15-13(17)9-11-4-6-14-7-5-11/h11-12,14H,2-10H2,1H3,(H,15,17). The van der Waals surface area contributed by atoms with Gasteiger partial charge in [-0.2, -0.15) is 0 Å². The molecule has 0 bridgehead atoms. The number of likely N-dealkylation sites (N-methyl/N-ethyl adjacent to an activating group) is 1. The molecule has 0 aromatic heterocycles. The topological polar surface area (TPSA) is 44.4 Å². The molecule has 2 heterocycles. The highest BCUT2D eigenvalue weighted by atomic mass is 16.1. The fraction of sp³-hybridized carbons (Fsp3) is 0.923. The first-order valence-corrected chi connectivity index (χ1v) is 6.92. The summed E-state index contributed by atoms with van der Waals surface area (Å²) in [5.41, 5.74) is 0. The summed E-state index contributed by atoms with van der Waals surface area (Å²) in [6.45, 7) is 4.33. The average Bonchev–Trinajstić information content (AvgIpc) is 2.30. The largest absolute Gasteiger partial charge is 0.352 e. The molecule has 98 valence electrons. The molecule has 0 radical (unpaired) electrons. The van der Waals surface area contributed by atoms with Crippen LogP contribution in [0.15, 0.2) is 0 Å². The summed E-state index contributed by atoms with van der Waals surface area (Å²) in [7, 11) is 2.13. The number of likely N-dealkylation sites (tertiary alicyclic amines) is 1. The lowest BCUT2D eigenvalue weighted by Gasteiger charge is -2.31. The summed E-state index contributed by atoms with van der Waals surface area (Å²) in [5.74, 6) is 0.856. The molecule has 0 spiro atoms. The van der Waals surface area contributed by atoms with Gasteiger partial charge in [-0.05, 0) is 58.3 Å². The zero-order chi connectivity index (χ0) is 12.1. The maximum absolute atomic E-state index is 11.9. The van der Waals surface area contributed by atoms with Crippen LogP contribution in [0.1, 0.15) is 32.1 Å². The van der Waals surface area contributed by atoms with Gasteiger partial charge in [0.15, 0.2) is 0 Å². The maximum atomic E-state index is 11.9. The molecular formula is C13H25N3O. The zero-order valence-corrected chi connectivity index (χ0v) is 10.9. The Morgan fingerprint density at radius 3 is 2.82 bits per heavy atom. The Morgan fingerprint density at radius 1 is 1.35 bits per heavy atom. The highest BCUT2D eigenvalue weighted by Gasteiger charge is 2.21. The van der Waals surface area contributed by atoms with E-state index in [1.165, 1.54) is 13.0 Å². The molecule has 0 saturated carbocycles. The molecule has 2 rings (SSSR count). The Labute approximate surface area is 104 Å². The number of hydrogen-bond donors (Lipinski definition) is 2. The molecule has 0 aromatic rings. The van der Waals surface area contributed by atoms with Crippen LogP contribution in [0.3, 0.4) is 0 Å². The lowest BCUT2D eigenvalue weighted by atomic mass is 9.94. The summed E-state index contributed by atoms with van der Waals surface area (Å²) in [6, 6.07) is 0.378. The Morgan fingerprint density at radius 2 is 2.12 bits per heavy atom. The number of rotatable bonds is 3. The quantitative estimate of drug-likeness (QED) is 0.757. The van der Waals surface area contributed by atoms with Crippen LogP contribution >= 0.6 is 0 Å². The van der Waals surface area contributed by atoms with Crippen molar-refractivity contribution < 1.29 is 4.79 Å². The van der Waals surface area contributed by atoms with Gasteiger partial charge in [0, 0.05) is 19.0 Å². The van der Waals surface area contributed by atoms with Crippen molar-refractivity contribution in [1.82, 2.24) is 15.5 Å². The third-order valence-electron chi connectivity index (χ3n) is 3.92. The second kappa shape index (κ2) is 6.36. The summed E-state index contributed by atoms with van der Waals surface area (Å²) >= 11 is 0. The molecule has 1 amide bonds. The number of hydrogen-bond acceptors (Lipinski definition) is 3. The summed E-state index contributed by atoms with van der Waals surface area (Å²) in [6.07, 6.45) is 5.37. The first-order chi connectivity index (χ1) is 8.24. The molecule has 1 unspecified atom stereocenters. The fourth-order valence-electron chi connectivity index (χ4n) is 2.92. The van der Waals surface area contributed by atoms with Crippen LogP contribution in [0, 0.1) is 5.92 Å². The monoisotopic (exact) mass is 239 g/mol. The number of carbonyl (C=O) groups is 1. The smallest absolute Gasteiger partial charge is 0.220 e. The third-order valence-corrected chi connectivity index (χ3v) is 3.92. The molecule has 1 atom stereocenters. The van der Waals surface area contributed by atoms with Crippen molar-refractivity contribution in [3.05, 3.63) is 0 Å². The van der Waals surface area contributed by atoms with Gasteiger partial charge in [0.05, 0.1) is 0 Å². The number of amides is 1. The molecule has 0 aliphatic carbocycles. The second-order valence-corrected chi connectivity index (χ2v) is 5.57. The normalized spacial score (nSPS) is 27.9. The minimum atomic E-state index is 0.261. The van der Waals surface area contributed by atoms with Crippen LogP contribution in [0.4, 0.5) is 0 Å². The van der Waals surface area contributed by atoms with E-state index in [1.807, 2.05) is 0 Å². The van der Waals surface area contributed by atoms with E-state index in [0.717, 1.165) is 45.3 Å². The van der Waals surface area contributed by atoms with Crippen molar-refractivity contribution in [2.45, 2.75) is 38.1 Å². The van der Waals surface area contributed by atoms with E-state index in [0.29, 0.717) is 12.0 Å². The van der Waals surface area contributed by atoms with Crippen molar-refractivity contribution >= 4 is 5.91 Å². The minimum Gasteiger partial charge on any atom is -0.352 e. The van der Waals surface area contributed by atoms with Crippen LogP contribution < -0.4 is 10.6 Å². The summed E-state index contributed by atoms with van der Waals surface area (Å²) in [5, 5.41) is 6.53. The molecule has 2 N–H and O–H groups in total. The average molecular weight is 239 g/mol. The Balaban J connectivity index is 1.68. The molecule has 2 aliphatic heterocycles. The van der Waals surface area contributed by atoms with Gasteiger partial charge in [0.2, 0.25) is 5.91 Å². The van der Waals surface area contributed by atoms with Gasteiger partial charge in [-0.15, -0.1) is 0 Å². The van der Waals surface area contributed by atoms with E-state index >= 15 is 0 Å². The first kappa shape index (κ1) is 12.8. The first-order valence-electron chi connectivity index (χ1n) is 6.92. The van der Waals surface area contributed by atoms with E-state index in [1.54, 1.807) is 0 Å². The lowest BCUT2D eigenvalue weighted by Crippen LogP contribution is -2.46. The highest BCUT2D eigenvalue weighted by Crippen LogP contribution is 2.16. The summed E-state index contributed by atoms with van der Waals surface area (Å²) < 4.78 is 0. The molecule has 17 heavy (non-hydrogen) atoms. The molecule has 0 aromatic carbocycles. The molecule has 2 aliphatic rings. The maximum Gasteiger partial charge on any atom is 0.220 e. The van der Waals surface area contributed by atoms with Crippen molar-refractivity contribution in [3.8, 4) is 0 Å². The molecule has 4 nitrogen and oxygen atoms in total. The summed E-state index contributed by atoms with van der Waals surface area (Å²) in [4.78, 5) is 14.2. The predicted octanol–water partition coefficient (Wildman–Crippen LogP) is 0.587.